The van der Waals surface area contributed by atoms with E-state index in [1.54, 1.807) is 6.20 Å². The summed E-state index contributed by atoms with van der Waals surface area (Å²) in [5, 5.41) is 3.98. The molecule has 3 nitrogen and oxygen atoms in total. The molecule has 1 N–H and O–H groups in total. The molecule has 1 aliphatic rings. The van der Waals surface area contributed by atoms with Gasteiger partial charge in [0.05, 0.1) is 16.8 Å². The molecule has 0 bridgehead atoms. The molecule has 0 aliphatic carbocycles. The van der Waals surface area contributed by atoms with Crippen molar-refractivity contribution in [3.05, 3.63) is 29.0 Å². The number of hydrogen-bond acceptors (Lipinski definition) is 3. The SMILES string of the molecule is CNC(CCC1CCCO1)c1ccc(Cl)cn1. The first-order valence-corrected chi connectivity index (χ1v) is 6.57. The molecule has 2 unspecified atom stereocenters. The summed E-state index contributed by atoms with van der Waals surface area (Å²) >= 11 is 5.84. The zero-order valence-corrected chi connectivity index (χ0v) is 10.9. The number of nitrogens with zero attached hydrogens (tertiary/aromatic N) is 1. The lowest BCUT2D eigenvalue weighted by atomic mass is 10.0. The maximum absolute atomic E-state index is 5.84. The summed E-state index contributed by atoms with van der Waals surface area (Å²) in [5.74, 6) is 0. The minimum atomic E-state index is 0.288. The summed E-state index contributed by atoms with van der Waals surface area (Å²) < 4.78 is 5.63. The first kappa shape index (κ1) is 12.8. The fraction of sp³-hybridized carbons (Fsp3) is 0.615. The fourth-order valence-corrected chi connectivity index (χ4v) is 2.37. The Hall–Kier alpha value is -0.640. The predicted molar refractivity (Wildman–Crippen MR) is 69.3 cm³/mol. The molecule has 17 heavy (non-hydrogen) atoms. The van der Waals surface area contributed by atoms with Crippen LogP contribution in [0.3, 0.4) is 0 Å². The average molecular weight is 255 g/mol. The Labute approximate surface area is 108 Å². The van der Waals surface area contributed by atoms with Gasteiger partial charge in [0.2, 0.25) is 0 Å². The first-order chi connectivity index (χ1) is 8.29. The van der Waals surface area contributed by atoms with E-state index in [2.05, 4.69) is 10.3 Å². The molecule has 0 amide bonds. The van der Waals surface area contributed by atoms with Crippen LogP contribution in [0.5, 0.6) is 0 Å². The maximum Gasteiger partial charge on any atom is 0.0589 e. The second kappa shape index (κ2) is 6.34. The number of rotatable bonds is 5. The van der Waals surface area contributed by atoms with E-state index in [1.807, 2.05) is 19.2 Å². The standard InChI is InChI=1S/C13H19ClN2O/c1-15-12(7-5-11-3-2-8-17-11)13-6-4-10(14)9-16-13/h4,6,9,11-12,15H,2-3,5,7-8H2,1H3. The fourth-order valence-electron chi connectivity index (χ4n) is 2.26. The van der Waals surface area contributed by atoms with Crippen LogP contribution in [-0.2, 0) is 4.74 Å². The number of pyridine rings is 1. The molecule has 2 heterocycles. The van der Waals surface area contributed by atoms with Crippen LogP contribution in [0.4, 0.5) is 0 Å². The Balaban J connectivity index is 1.89. The molecule has 1 fully saturated rings. The molecular weight excluding hydrogens is 236 g/mol. The highest BCUT2D eigenvalue weighted by molar-refractivity contribution is 6.30. The molecule has 94 valence electrons. The highest BCUT2D eigenvalue weighted by Gasteiger charge is 2.18. The van der Waals surface area contributed by atoms with Gasteiger partial charge in [0.25, 0.3) is 0 Å². The van der Waals surface area contributed by atoms with Crippen molar-refractivity contribution < 1.29 is 4.74 Å². The Bertz CT molecular complexity index is 336. The summed E-state index contributed by atoms with van der Waals surface area (Å²) in [7, 11) is 1.97. The van der Waals surface area contributed by atoms with Crippen molar-refractivity contribution in [3.63, 3.8) is 0 Å². The van der Waals surface area contributed by atoms with Crippen molar-refractivity contribution in [2.24, 2.45) is 0 Å². The van der Waals surface area contributed by atoms with Gasteiger partial charge in [-0.1, -0.05) is 11.6 Å². The van der Waals surface area contributed by atoms with Crippen molar-refractivity contribution in [2.45, 2.75) is 37.8 Å². The second-order valence-corrected chi connectivity index (χ2v) is 4.89. The van der Waals surface area contributed by atoms with Crippen molar-refractivity contribution in [3.8, 4) is 0 Å². The van der Waals surface area contributed by atoms with Crippen molar-refractivity contribution in [1.82, 2.24) is 10.3 Å². The van der Waals surface area contributed by atoms with E-state index in [4.69, 9.17) is 16.3 Å². The van der Waals surface area contributed by atoms with Crippen LogP contribution in [-0.4, -0.2) is 24.7 Å². The molecule has 1 saturated heterocycles. The summed E-state index contributed by atoms with van der Waals surface area (Å²) in [4.78, 5) is 4.36. The largest absolute Gasteiger partial charge is 0.378 e. The van der Waals surface area contributed by atoms with Crippen LogP contribution >= 0.6 is 11.6 Å². The van der Waals surface area contributed by atoms with E-state index in [0.29, 0.717) is 11.1 Å². The van der Waals surface area contributed by atoms with Crippen molar-refractivity contribution in [2.75, 3.05) is 13.7 Å². The van der Waals surface area contributed by atoms with Gasteiger partial charge in [0, 0.05) is 18.8 Å². The number of ether oxygens (including phenoxy) is 1. The molecule has 2 rings (SSSR count). The molecule has 0 radical (unpaired) electrons. The van der Waals surface area contributed by atoms with Gasteiger partial charge in [-0.05, 0) is 44.9 Å². The second-order valence-electron chi connectivity index (χ2n) is 4.45. The lowest BCUT2D eigenvalue weighted by molar-refractivity contribution is 0.0997. The number of halogens is 1. The van der Waals surface area contributed by atoms with Crippen LogP contribution in [0, 0.1) is 0 Å². The maximum atomic E-state index is 5.84. The lowest BCUT2D eigenvalue weighted by Crippen LogP contribution is -2.19. The average Bonchev–Trinajstić information content (AvgIpc) is 2.85. The third kappa shape index (κ3) is 3.66. The highest BCUT2D eigenvalue weighted by Crippen LogP contribution is 2.23. The Kier molecular flexibility index (Phi) is 4.77. The molecule has 1 aromatic heterocycles. The number of aromatic nitrogens is 1. The molecule has 0 saturated carbocycles. The Morgan fingerprint density at radius 3 is 3.06 bits per heavy atom. The van der Waals surface area contributed by atoms with E-state index in [1.165, 1.54) is 12.8 Å². The summed E-state index contributed by atoms with van der Waals surface area (Å²) in [6.45, 7) is 0.925. The smallest absolute Gasteiger partial charge is 0.0589 e. The summed E-state index contributed by atoms with van der Waals surface area (Å²) in [6, 6.07) is 4.16. The van der Waals surface area contributed by atoms with Crippen LogP contribution < -0.4 is 5.32 Å². The van der Waals surface area contributed by atoms with E-state index in [0.717, 1.165) is 25.1 Å². The van der Waals surface area contributed by atoms with Crippen molar-refractivity contribution in [1.29, 1.82) is 0 Å². The molecule has 0 spiro atoms. The van der Waals surface area contributed by atoms with Crippen LogP contribution in [0.2, 0.25) is 5.02 Å². The van der Waals surface area contributed by atoms with E-state index in [9.17, 15) is 0 Å². The summed E-state index contributed by atoms with van der Waals surface area (Å²) in [6.07, 6.45) is 6.69. The molecule has 2 atom stereocenters. The van der Waals surface area contributed by atoms with Crippen molar-refractivity contribution >= 4 is 11.6 Å². The monoisotopic (exact) mass is 254 g/mol. The minimum Gasteiger partial charge on any atom is -0.378 e. The van der Waals surface area contributed by atoms with Gasteiger partial charge in [0.1, 0.15) is 0 Å². The zero-order valence-electron chi connectivity index (χ0n) is 10.2. The van der Waals surface area contributed by atoms with Gasteiger partial charge >= 0.3 is 0 Å². The number of nitrogens with one attached hydrogen (secondary N) is 1. The lowest BCUT2D eigenvalue weighted by Gasteiger charge is -2.17. The van der Waals surface area contributed by atoms with Gasteiger partial charge < -0.3 is 10.1 Å². The van der Waals surface area contributed by atoms with Gasteiger partial charge in [-0.25, -0.2) is 0 Å². The molecular formula is C13H19ClN2O. The normalized spacial score (nSPS) is 21.6. The van der Waals surface area contributed by atoms with Crippen LogP contribution in [0.1, 0.15) is 37.4 Å². The molecule has 1 aromatic rings. The molecule has 0 aromatic carbocycles. The third-order valence-electron chi connectivity index (χ3n) is 3.26. The zero-order chi connectivity index (χ0) is 12.1. The predicted octanol–water partition coefficient (Wildman–Crippen LogP) is 2.95. The van der Waals surface area contributed by atoms with Crippen LogP contribution in [0.25, 0.3) is 0 Å². The van der Waals surface area contributed by atoms with Gasteiger partial charge in [-0.15, -0.1) is 0 Å². The minimum absolute atomic E-state index is 0.288. The highest BCUT2D eigenvalue weighted by atomic mass is 35.5. The molecule has 4 heteroatoms. The van der Waals surface area contributed by atoms with E-state index >= 15 is 0 Å². The quantitative estimate of drug-likeness (QED) is 0.877. The third-order valence-corrected chi connectivity index (χ3v) is 3.48. The molecule has 1 aliphatic heterocycles. The van der Waals surface area contributed by atoms with Crippen LogP contribution in [0.15, 0.2) is 18.3 Å². The van der Waals surface area contributed by atoms with E-state index in [-0.39, 0.29) is 6.04 Å². The van der Waals surface area contributed by atoms with Gasteiger partial charge in [0.15, 0.2) is 0 Å². The number of hydrogen-bond donors (Lipinski definition) is 1. The van der Waals surface area contributed by atoms with Gasteiger partial charge in [-0.3, -0.25) is 4.98 Å². The topological polar surface area (TPSA) is 34.1 Å². The Morgan fingerprint density at radius 1 is 1.59 bits per heavy atom. The van der Waals surface area contributed by atoms with E-state index < -0.39 is 0 Å². The van der Waals surface area contributed by atoms with Gasteiger partial charge in [-0.2, -0.15) is 0 Å². The first-order valence-electron chi connectivity index (χ1n) is 6.20. The Morgan fingerprint density at radius 2 is 2.47 bits per heavy atom. The summed E-state index contributed by atoms with van der Waals surface area (Å²) in [5.41, 5.74) is 1.05.